The van der Waals surface area contributed by atoms with E-state index in [2.05, 4.69) is 46.8 Å². The van der Waals surface area contributed by atoms with Gasteiger partial charge in [0.1, 0.15) is 0 Å². The fourth-order valence-corrected chi connectivity index (χ4v) is 4.65. The van der Waals surface area contributed by atoms with Crippen LogP contribution in [0.15, 0.2) is 29.3 Å². The fraction of sp³-hybridized carbons (Fsp3) is 0.682. The smallest absolute Gasteiger partial charge is 0.191 e. The molecule has 0 radical (unpaired) electrons. The SMILES string of the molecule is CN=C(NCC1(CCO)CCOC1)NCC1(c2cccc(C)c2)CCCC1.I. The van der Waals surface area contributed by atoms with Crippen molar-refractivity contribution in [1.29, 1.82) is 0 Å². The van der Waals surface area contributed by atoms with Crippen LogP contribution in [0.5, 0.6) is 0 Å². The number of halogens is 1. The van der Waals surface area contributed by atoms with E-state index in [0.717, 1.165) is 38.5 Å². The zero-order chi connectivity index (χ0) is 19.2. The Kier molecular flexibility index (Phi) is 9.02. The molecule has 0 amide bonds. The van der Waals surface area contributed by atoms with Gasteiger partial charge in [0.05, 0.1) is 6.61 Å². The molecule has 0 spiro atoms. The minimum atomic E-state index is 0. The highest BCUT2D eigenvalue weighted by Gasteiger charge is 2.37. The summed E-state index contributed by atoms with van der Waals surface area (Å²) < 4.78 is 5.59. The van der Waals surface area contributed by atoms with Crippen LogP contribution in [0.25, 0.3) is 0 Å². The van der Waals surface area contributed by atoms with Gasteiger partial charge in [-0.25, -0.2) is 0 Å². The summed E-state index contributed by atoms with van der Waals surface area (Å²) in [4.78, 5) is 4.43. The van der Waals surface area contributed by atoms with Crippen LogP contribution >= 0.6 is 24.0 Å². The van der Waals surface area contributed by atoms with Crippen LogP contribution in [0, 0.1) is 12.3 Å². The van der Waals surface area contributed by atoms with E-state index in [9.17, 15) is 5.11 Å². The van der Waals surface area contributed by atoms with Crippen molar-refractivity contribution in [2.24, 2.45) is 10.4 Å². The third kappa shape index (κ3) is 5.60. The van der Waals surface area contributed by atoms with Gasteiger partial charge in [-0.05, 0) is 38.2 Å². The molecule has 6 heteroatoms. The lowest BCUT2D eigenvalue weighted by Gasteiger charge is -2.32. The Morgan fingerprint density at radius 1 is 1.18 bits per heavy atom. The second-order valence-electron chi connectivity index (χ2n) is 8.41. The number of hydrogen-bond donors (Lipinski definition) is 3. The number of hydrogen-bond acceptors (Lipinski definition) is 3. The van der Waals surface area contributed by atoms with Crippen LogP contribution in [0.3, 0.4) is 0 Å². The number of guanidine groups is 1. The molecule has 1 atom stereocenters. The number of nitrogens with zero attached hydrogens (tertiary/aromatic N) is 1. The molecule has 0 aromatic heterocycles. The highest BCUT2D eigenvalue weighted by atomic mass is 127. The quantitative estimate of drug-likeness (QED) is 0.305. The molecule has 1 saturated carbocycles. The molecule has 1 saturated heterocycles. The minimum absolute atomic E-state index is 0. The van der Waals surface area contributed by atoms with Crippen molar-refractivity contribution in [3.63, 3.8) is 0 Å². The molecule has 3 N–H and O–H groups in total. The van der Waals surface area contributed by atoms with Crippen LogP contribution < -0.4 is 10.6 Å². The highest BCUT2D eigenvalue weighted by molar-refractivity contribution is 14.0. The van der Waals surface area contributed by atoms with E-state index in [-0.39, 0.29) is 41.4 Å². The van der Waals surface area contributed by atoms with Gasteiger partial charge >= 0.3 is 0 Å². The number of nitrogens with one attached hydrogen (secondary N) is 2. The standard InChI is InChI=1S/C22H35N3O2.HI/c1-18-6-5-7-19(14-18)22(8-3-4-9-22)16-25-20(23-2)24-15-21(10-12-26)11-13-27-17-21;/h5-7,14,26H,3-4,8-13,15-17H2,1-2H3,(H2,23,24,25);1H. The lowest BCUT2D eigenvalue weighted by molar-refractivity contribution is 0.127. The molecule has 1 aliphatic heterocycles. The Morgan fingerprint density at radius 3 is 2.54 bits per heavy atom. The molecule has 2 fully saturated rings. The second kappa shape index (κ2) is 10.8. The van der Waals surface area contributed by atoms with Crippen molar-refractivity contribution in [3.8, 4) is 0 Å². The van der Waals surface area contributed by atoms with Gasteiger partial charge in [-0.1, -0.05) is 42.7 Å². The Balaban J connectivity index is 0.00000280. The van der Waals surface area contributed by atoms with Crippen molar-refractivity contribution >= 4 is 29.9 Å². The number of aliphatic imine (C=N–C) groups is 1. The molecular formula is C22H36IN3O2. The number of aliphatic hydroxyl groups excluding tert-OH is 1. The van der Waals surface area contributed by atoms with E-state index in [1.165, 1.54) is 36.8 Å². The minimum Gasteiger partial charge on any atom is -0.396 e. The van der Waals surface area contributed by atoms with Gasteiger partial charge in [0, 0.05) is 44.2 Å². The maximum atomic E-state index is 9.41. The predicted octanol–water partition coefficient (Wildman–Crippen LogP) is 3.38. The predicted molar refractivity (Wildman–Crippen MR) is 126 cm³/mol. The van der Waals surface area contributed by atoms with Crippen molar-refractivity contribution in [1.82, 2.24) is 10.6 Å². The lowest BCUT2D eigenvalue weighted by atomic mass is 9.78. The number of benzene rings is 1. The van der Waals surface area contributed by atoms with E-state index in [0.29, 0.717) is 6.61 Å². The Morgan fingerprint density at radius 2 is 1.93 bits per heavy atom. The molecule has 1 unspecified atom stereocenters. The molecule has 1 heterocycles. The fourth-order valence-electron chi connectivity index (χ4n) is 4.65. The molecular weight excluding hydrogens is 465 g/mol. The summed E-state index contributed by atoms with van der Waals surface area (Å²) in [6.07, 6.45) is 6.79. The molecule has 28 heavy (non-hydrogen) atoms. The number of ether oxygens (including phenoxy) is 1. The maximum Gasteiger partial charge on any atom is 0.191 e. The summed E-state index contributed by atoms with van der Waals surface area (Å²) in [7, 11) is 1.83. The normalized spacial score (nSPS) is 24.0. The van der Waals surface area contributed by atoms with Gasteiger partial charge in [-0.15, -0.1) is 24.0 Å². The molecule has 1 aromatic carbocycles. The largest absolute Gasteiger partial charge is 0.396 e. The van der Waals surface area contributed by atoms with Crippen LogP contribution in [0.2, 0.25) is 0 Å². The molecule has 5 nitrogen and oxygen atoms in total. The van der Waals surface area contributed by atoms with Gasteiger partial charge in [0.15, 0.2) is 5.96 Å². The van der Waals surface area contributed by atoms with E-state index >= 15 is 0 Å². The zero-order valence-corrected chi connectivity index (χ0v) is 19.6. The van der Waals surface area contributed by atoms with Crippen LogP contribution in [0.4, 0.5) is 0 Å². The summed E-state index contributed by atoms with van der Waals surface area (Å²) in [6.45, 7) is 5.55. The van der Waals surface area contributed by atoms with E-state index < -0.39 is 0 Å². The topological polar surface area (TPSA) is 65.9 Å². The summed E-state index contributed by atoms with van der Waals surface area (Å²) >= 11 is 0. The van der Waals surface area contributed by atoms with E-state index in [1.807, 2.05) is 7.05 Å². The molecule has 0 bridgehead atoms. The van der Waals surface area contributed by atoms with Gasteiger partial charge in [-0.3, -0.25) is 4.99 Å². The van der Waals surface area contributed by atoms with E-state index in [1.54, 1.807) is 0 Å². The maximum absolute atomic E-state index is 9.41. The van der Waals surface area contributed by atoms with Crippen molar-refractivity contribution in [2.45, 2.75) is 50.9 Å². The van der Waals surface area contributed by atoms with E-state index in [4.69, 9.17) is 4.74 Å². The first-order valence-electron chi connectivity index (χ1n) is 10.3. The van der Waals surface area contributed by atoms with Crippen molar-refractivity contribution in [3.05, 3.63) is 35.4 Å². The monoisotopic (exact) mass is 501 g/mol. The first-order valence-corrected chi connectivity index (χ1v) is 10.3. The summed E-state index contributed by atoms with van der Waals surface area (Å²) in [5, 5.41) is 16.5. The number of aliphatic hydroxyl groups is 1. The van der Waals surface area contributed by atoms with Gasteiger partial charge < -0.3 is 20.5 Å². The second-order valence-corrected chi connectivity index (χ2v) is 8.41. The van der Waals surface area contributed by atoms with Crippen molar-refractivity contribution in [2.75, 3.05) is 40.0 Å². The van der Waals surface area contributed by atoms with Gasteiger partial charge in [0.25, 0.3) is 0 Å². The Labute approximate surface area is 186 Å². The Bertz CT molecular complexity index is 638. The molecule has 2 aliphatic rings. The highest BCUT2D eigenvalue weighted by Crippen LogP contribution is 2.40. The molecule has 1 aromatic rings. The first kappa shape index (κ1) is 23.4. The molecule has 1 aliphatic carbocycles. The lowest BCUT2D eigenvalue weighted by Crippen LogP contribution is -2.48. The summed E-state index contributed by atoms with van der Waals surface area (Å²) in [5.41, 5.74) is 2.99. The van der Waals surface area contributed by atoms with Gasteiger partial charge in [0.2, 0.25) is 0 Å². The van der Waals surface area contributed by atoms with Gasteiger partial charge in [-0.2, -0.15) is 0 Å². The average molecular weight is 501 g/mol. The molecule has 3 rings (SSSR count). The average Bonchev–Trinajstić information content (AvgIpc) is 3.33. The molecule has 158 valence electrons. The first-order chi connectivity index (χ1) is 13.1. The van der Waals surface area contributed by atoms with Crippen LogP contribution in [-0.4, -0.2) is 51.0 Å². The summed E-state index contributed by atoms with van der Waals surface area (Å²) in [6, 6.07) is 8.97. The number of rotatable bonds is 7. The zero-order valence-electron chi connectivity index (χ0n) is 17.3. The van der Waals surface area contributed by atoms with Crippen molar-refractivity contribution < 1.29 is 9.84 Å². The summed E-state index contributed by atoms with van der Waals surface area (Å²) in [5.74, 6) is 0.846. The number of aryl methyl sites for hydroxylation is 1. The van der Waals surface area contributed by atoms with Crippen LogP contribution in [-0.2, 0) is 10.2 Å². The Hall–Kier alpha value is -0.860. The third-order valence-corrected chi connectivity index (χ3v) is 6.47. The van der Waals surface area contributed by atoms with Crippen LogP contribution in [0.1, 0.15) is 49.7 Å². The third-order valence-electron chi connectivity index (χ3n) is 6.47.